The highest BCUT2D eigenvalue weighted by molar-refractivity contribution is 7.89. The average Bonchev–Trinajstić information content (AvgIpc) is 2.78. The molecule has 0 atom stereocenters. The number of carbonyl (C=O) groups excluding carboxylic acids is 1. The van der Waals surface area contributed by atoms with Crippen molar-refractivity contribution in [1.82, 2.24) is 4.31 Å². The molecule has 0 aliphatic heterocycles. The molecule has 0 spiro atoms. The first kappa shape index (κ1) is 25.0. The van der Waals surface area contributed by atoms with Gasteiger partial charge in [0.05, 0.1) is 23.6 Å². The lowest BCUT2D eigenvalue weighted by Crippen LogP contribution is -2.45. The standard InChI is InChI=1S/C23H27F3N2O4S/c1-2-32-20-12-14-21(15-13-20)33(30,31)28(19-6-4-3-5-7-19)16-22(29)27-18-10-8-17(9-11-18)23(24,25)26/h8-15,19H,2-7,16H2,1H3,(H,27,29). The molecule has 1 N–H and O–H groups in total. The van der Waals surface area contributed by atoms with Crippen LogP contribution in [0.1, 0.15) is 44.6 Å². The van der Waals surface area contributed by atoms with Crippen LogP contribution in [0.2, 0.25) is 0 Å². The smallest absolute Gasteiger partial charge is 0.416 e. The Morgan fingerprint density at radius 2 is 1.64 bits per heavy atom. The number of benzene rings is 2. The number of anilines is 1. The first-order chi connectivity index (χ1) is 15.6. The molecule has 3 rings (SSSR count). The van der Waals surface area contributed by atoms with Gasteiger partial charge in [0.15, 0.2) is 0 Å². The maximum absolute atomic E-state index is 13.4. The van der Waals surface area contributed by atoms with Gasteiger partial charge in [0.25, 0.3) is 0 Å². The minimum atomic E-state index is -4.48. The molecular weight excluding hydrogens is 457 g/mol. The van der Waals surface area contributed by atoms with Crippen molar-refractivity contribution in [3.63, 3.8) is 0 Å². The van der Waals surface area contributed by atoms with Gasteiger partial charge in [-0.3, -0.25) is 4.79 Å². The predicted octanol–water partition coefficient (Wildman–Crippen LogP) is 5.07. The highest BCUT2D eigenvalue weighted by Gasteiger charge is 2.34. The van der Waals surface area contributed by atoms with Crippen molar-refractivity contribution in [3.8, 4) is 5.75 Å². The molecule has 33 heavy (non-hydrogen) atoms. The molecule has 0 saturated heterocycles. The topological polar surface area (TPSA) is 75.7 Å². The molecule has 180 valence electrons. The molecule has 1 amide bonds. The zero-order valence-electron chi connectivity index (χ0n) is 18.3. The van der Waals surface area contributed by atoms with Crippen LogP contribution < -0.4 is 10.1 Å². The van der Waals surface area contributed by atoms with Crippen molar-refractivity contribution in [2.24, 2.45) is 0 Å². The third kappa shape index (κ3) is 6.48. The summed E-state index contributed by atoms with van der Waals surface area (Å²) in [5.74, 6) is -0.0736. The molecule has 0 unspecified atom stereocenters. The van der Waals surface area contributed by atoms with E-state index in [1.807, 2.05) is 6.92 Å². The number of carbonyl (C=O) groups is 1. The lowest BCUT2D eigenvalue weighted by atomic mass is 9.95. The normalized spacial score (nSPS) is 15.4. The zero-order valence-corrected chi connectivity index (χ0v) is 19.1. The number of alkyl halides is 3. The Labute approximate surface area is 191 Å². The van der Waals surface area contributed by atoms with Gasteiger partial charge in [-0.2, -0.15) is 17.5 Å². The van der Waals surface area contributed by atoms with E-state index >= 15 is 0 Å². The Kier molecular flexibility index (Phi) is 8.01. The van der Waals surface area contributed by atoms with Crippen LogP contribution in [-0.2, 0) is 21.0 Å². The Bertz CT molecular complexity index is 1030. The third-order valence-electron chi connectivity index (χ3n) is 5.52. The fourth-order valence-corrected chi connectivity index (χ4v) is 5.52. The number of halogens is 3. The lowest BCUT2D eigenvalue weighted by molar-refractivity contribution is -0.137. The molecule has 1 aliphatic carbocycles. The second-order valence-electron chi connectivity index (χ2n) is 7.87. The third-order valence-corrected chi connectivity index (χ3v) is 7.43. The summed E-state index contributed by atoms with van der Waals surface area (Å²) in [6.07, 6.45) is -0.466. The quantitative estimate of drug-likeness (QED) is 0.568. The fourth-order valence-electron chi connectivity index (χ4n) is 3.87. The molecule has 1 aliphatic rings. The zero-order chi connectivity index (χ0) is 24.1. The van der Waals surface area contributed by atoms with E-state index in [9.17, 15) is 26.4 Å². The molecular formula is C23H27F3N2O4S. The van der Waals surface area contributed by atoms with E-state index in [-0.39, 0.29) is 16.6 Å². The average molecular weight is 485 g/mol. The SMILES string of the molecule is CCOc1ccc(S(=O)(=O)N(CC(=O)Nc2ccc(C(F)(F)F)cc2)C2CCCCC2)cc1. The fraction of sp³-hybridized carbons (Fsp3) is 0.435. The Morgan fingerprint density at radius 3 is 2.18 bits per heavy atom. The van der Waals surface area contributed by atoms with Gasteiger partial charge in [-0.1, -0.05) is 19.3 Å². The molecule has 0 radical (unpaired) electrons. The van der Waals surface area contributed by atoms with Gasteiger partial charge in [0, 0.05) is 11.7 Å². The van der Waals surface area contributed by atoms with Crippen molar-refractivity contribution in [2.75, 3.05) is 18.5 Å². The molecule has 0 bridgehead atoms. The summed E-state index contributed by atoms with van der Waals surface area (Å²) >= 11 is 0. The van der Waals surface area contributed by atoms with E-state index in [1.165, 1.54) is 16.4 Å². The van der Waals surface area contributed by atoms with Gasteiger partial charge in [-0.25, -0.2) is 8.42 Å². The number of sulfonamides is 1. The number of hydrogen-bond donors (Lipinski definition) is 1. The highest BCUT2D eigenvalue weighted by Crippen LogP contribution is 2.31. The van der Waals surface area contributed by atoms with Crippen molar-refractivity contribution in [2.45, 2.75) is 56.1 Å². The first-order valence-corrected chi connectivity index (χ1v) is 12.3. The first-order valence-electron chi connectivity index (χ1n) is 10.8. The van der Waals surface area contributed by atoms with E-state index in [0.717, 1.165) is 43.5 Å². The minimum Gasteiger partial charge on any atom is -0.494 e. The van der Waals surface area contributed by atoms with Crippen molar-refractivity contribution >= 4 is 21.6 Å². The van der Waals surface area contributed by atoms with Crippen LogP contribution in [-0.4, -0.2) is 37.8 Å². The number of ether oxygens (including phenoxy) is 1. The molecule has 2 aromatic carbocycles. The van der Waals surface area contributed by atoms with Gasteiger partial charge in [0.2, 0.25) is 15.9 Å². The molecule has 1 fully saturated rings. The number of nitrogens with one attached hydrogen (secondary N) is 1. The number of hydrogen-bond acceptors (Lipinski definition) is 4. The number of rotatable bonds is 8. The van der Waals surface area contributed by atoms with Crippen molar-refractivity contribution in [3.05, 3.63) is 54.1 Å². The Balaban J connectivity index is 1.79. The summed E-state index contributed by atoms with van der Waals surface area (Å²) in [5.41, 5.74) is -0.669. The maximum Gasteiger partial charge on any atom is 0.416 e. The van der Waals surface area contributed by atoms with Crippen LogP contribution in [0.15, 0.2) is 53.4 Å². The van der Waals surface area contributed by atoms with Crippen molar-refractivity contribution in [1.29, 1.82) is 0 Å². The van der Waals surface area contributed by atoms with Crippen LogP contribution in [0.4, 0.5) is 18.9 Å². The molecule has 2 aromatic rings. The Morgan fingerprint density at radius 1 is 1.03 bits per heavy atom. The largest absolute Gasteiger partial charge is 0.494 e. The summed E-state index contributed by atoms with van der Waals surface area (Å²) in [4.78, 5) is 12.8. The minimum absolute atomic E-state index is 0.0545. The van der Waals surface area contributed by atoms with Gasteiger partial charge < -0.3 is 10.1 Å². The van der Waals surface area contributed by atoms with Gasteiger partial charge in [-0.15, -0.1) is 0 Å². The molecule has 0 aromatic heterocycles. The second kappa shape index (κ2) is 10.6. The number of nitrogens with zero attached hydrogens (tertiary/aromatic N) is 1. The number of amides is 1. The van der Waals surface area contributed by atoms with Gasteiger partial charge >= 0.3 is 6.18 Å². The maximum atomic E-state index is 13.4. The van der Waals surface area contributed by atoms with Gasteiger partial charge in [-0.05, 0) is 68.3 Å². The summed E-state index contributed by atoms with van der Waals surface area (Å²) in [5, 5.41) is 2.51. The van der Waals surface area contributed by atoms with E-state index in [4.69, 9.17) is 4.74 Å². The predicted molar refractivity (Wildman–Crippen MR) is 118 cm³/mol. The van der Waals surface area contributed by atoms with Crippen molar-refractivity contribution < 1.29 is 31.1 Å². The van der Waals surface area contributed by atoms with E-state index in [2.05, 4.69) is 5.32 Å². The lowest BCUT2D eigenvalue weighted by Gasteiger charge is -2.33. The van der Waals surface area contributed by atoms with E-state index in [1.54, 1.807) is 12.1 Å². The second-order valence-corrected chi connectivity index (χ2v) is 9.76. The molecule has 6 nitrogen and oxygen atoms in total. The molecule has 0 heterocycles. The van der Waals surface area contributed by atoms with E-state index in [0.29, 0.717) is 25.2 Å². The van der Waals surface area contributed by atoms with Crippen LogP contribution in [0.5, 0.6) is 5.75 Å². The highest BCUT2D eigenvalue weighted by atomic mass is 32.2. The summed E-state index contributed by atoms with van der Waals surface area (Å²) < 4.78 is 71.7. The summed E-state index contributed by atoms with van der Waals surface area (Å²) in [7, 11) is -3.98. The van der Waals surface area contributed by atoms with Crippen LogP contribution >= 0.6 is 0 Å². The van der Waals surface area contributed by atoms with Gasteiger partial charge in [0.1, 0.15) is 5.75 Å². The monoisotopic (exact) mass is 484 g/mol. The summed E-state index contributed by atoms with van der Waals surface area (Å²) in [6.45, 7) is 1.84. The van der Waals surface area contributed by atoms with Crippen LogP contribution in [0, 0.1) is 0 Å². The molecule has 10 heteroatoms. The molecule has 1 saturated carbocycles. The van der Waals surface area contributed by atoms with Crippen LogP contribution in [0.25, 0.3) is 0 Å². The van der Waals surface area contributed by atoms with E-state index < -0.39 is 34.2 Å². The Hall–Kier alpha value is -2.59. The van der Waals surface area contributed by atoms with Crippen LogP contribution in [0.3, 0.4) is 0 Å². The summed E-state index contributed by atoms with van der Waals surface area (Å²) in [6, 6.07) is 9.73.